The predicted octanol–water partition coefficient (Wildman–Crippen LogP) is -0.658. The van der Waals surface area contributed by atoms with E-state index >= 15 is 0 Å². The third-order valence-corrected chi connectivity index (χ3v) is 1.54. The predicted molar refractivity (Wildman–Crippen MR) is 44.9 cm³/mol. The summed E-state index contributed by atoms with van der Waals surface area (Å²) in [6, 6.07) is -0.613. The second-order valence-corrected chi connectivity index (χ2v) is 2.37. The minimum Gasteiger partial charge on any atom is -0.368 e. The lowest BCUT2D eigenvalue weighted by molar-refractivity contribution is -0.132. The van der Waals surface area contributed by atoms with Crippen molar-refractivity contribution < 1.29 is 9.59 Å². The Bertz CT molecular complexity index is 250. The van der Waals surface area contributed by atoms with Gasteiger partial charge in [-0.3, -0.25) is 9.59 Å². The number of hydrogen-bond donors (Lipinski definition) is 1. The van der Waals surface area contributed by atoms with E-state index in [1.165, 1.54) is 11.9 Å². The Hall–Kier alpha value is -1.50. The number of amides is 2. The molecule has 0 saturated heterocycles. The van der Waals surface area contributed by atoms with Gasteiger partial charge in [0.1, 0.15) is 6.04 Å². The van der Waals surface area contributed by atoms with Crippen molar-refractivity contribution in [2.45, 2.75) is 19.9 Å². The summed E-state index contributed by atoms with van der Waals surface area (Å²) in [5.74, 6) is 3.82. The fourth-order valence-corrected chi connectivity index (χ4v) is 0.562. The van der Waals surface area contributed by atoms with Crippen LogP contribution in [-0.2, 0) is 9.59 Å². The lowest BCUT2D eigenvalue weighted by Gasteiger charge is -2.19. The number of hydrogen-bond acceptors (Lipinski definition) is 2. The molecule has 0 rings (SSSR count). The highest BCUT2D eigenvalue weighted by atomic mass is 16.2. The molecule has 2 amide bonds. The van der Waals surface area contributed by atoms with Crippen LogP contribution in [0.4, 0.5) is 0 Å². The Labute approximate surface area is 71.7 Å². The van der Waals surface area contributed by atoms with Gasteiger partial charge in [-0.1, -0.05) is 5.92 Å². The van der Waals surface area contributed by atoms with E-state index in [1.54, 1.807) is 13.8 Å². The molecule has 0 radical (unpaired) electrons. The largest absolute Gasteiger partial charge is 0.368 e. The van der Waals surface area contributed by atoms with Crippen LogP contribution in [-0.4, -0.2) is 29.8 Å². The molecule has 0 fully saturated rings. The highest BCUT2D eigenvalue weighted by Crippen LogP contribution is 1.93. The first-order valence-corrected chi connectivity index (χ1v) is 3.49. The molecule has 0 aliphatic heterocycles. The molecule has 0 aromatic carbocycles. The average molecular weight is 168 g/mol. The van der Waals surface area contributed by atoms with E-state index in [2.05, 4.69) is 11.8 Å². The Morgan fingerprint density at radius 1 is 1.50 bits per heavy atom. The Morgan fingerprint density at radius 3 is 2.33 bits per heavy atom. The first-order valence-electron chi connectivity index (χ1n) is 3.49. The molecule has 0 spiro atoms. The van der Waals surface area contributed by atoms with Gasteiger partial charge >= 0.3 is 0 Å². The van der Waals surface area contributed by atoms with Crippen molar-refractivity contribution in [3.05, 3.63) is 0 Å². The summed E-state index contributed by atoms with van der Waals surface area (Å²) in [6.07, 6.45) is 0. The normalized spacial score (nSPS) is 10.9. The molecular formula is C8H12N2O2. The van der Waals surface area contributed by atoms with Gasteiger partial charge in [0, 0.05) is 7.05 Å². The number of nitrogens with two attached hydrogens (primary N) is 1. The van der Waals surface area contributed by atoms with Gasteiger partial charge in [-0.25, -0.2) is 0 Å². The van der Waals surface area contributed by atoms with Crippen LogP contribution in [0, 0.1) is 11.8 Å². The minimum atomic E-state index is -0.613. The number of carbonyl (C=O) groups excluding carboxylic acids is 2. The van der Waals surface area contributed by atoms with Crippen molar-refractivity contribution in [2.24, 2.45) is 5.73 Å². The van der Waals surface area contributed by atoms with E-state index in [-0.39, 0.29) is 0 Å². The molecule has 66 valence electrons. The molecular weight excluding hydrogens is 156 g/mol. The number of likely N-dealkylation sites (N-methyl/N-ethyl adjacent to an activating group) is 1. The molecule has 0 aromatic heterocycles. The Balaban J connectivity index is 4.35. The van der Waals surface area contributed by atoms with Crippen LogP contribution in [0.15, 0.2) is 0 Å². The number of carbonyl (C=O) groups is 2. The Morgan fingerprint density at radius 2 is 2.00 bits per heavy atom. The zero-order valence-electron chi connectivity index (χ0n) is 7.42. The van der Waals surface area contributed by atoms with Gasteiger partial charge < -0.3 is 10.6 Å². The smallest absolute Gasteiger partial charge is 0.298 e. The van der Waals surface area contributed by atoms with E-state index in [0.717, 1.165) is 0 Å². The van der Waals surface area contributed by atoms with Gasteiger partial charge in [-0.15, -0.1) is 0 Å². The molecule has 0 aliphatic carbocycles. The quantitative estimate of drug-likeness (QED) is 0.556. The lowest BCUT2D eigenvalue weighted by Crippen LogP contribution is -2.43. The number of primary amides is 1. The summed E-state index contributed by atoms with van der Waals surface area (Å²) in [5.41, 5.74) is 4.99. The van der Waals surface area contributed by atoms with E-state index in [9.17, 15) is 9.59 Å². The van der Waals surface area contributed by atoms with Crippen LogP contribution in [0.3, 0.4) is 0 Å². The summed E-state index contributed by atoms with van der Waals surface area (Å²) in [5, 5.41) is 0. The molecule has 0 aromatic rings. The van der Waals surface area contributed by atoms with Crippen LogP contribution in [0.5, 0.6) is 0 Å². The molecule has 0 bridgehead atoms. The maximum absolute atomic E-state index is 11.0. The van der Waals surface area contributed by atoms with Crippen LogP contribution in [0.1, 0.15) is 13.8 Å². The van der Waals surface area contributed by atoms with Gasteiger partial charge in [0.15, 0.2) is 0 Å². The van der Waals surface area contributed by atoms with Crippen LogP contribution >= 0.6 is 0 Å². The van der Waals surface area contributed by atoms with Crippen LogP contribution in [0.25, 0.3) is 0 Å². The fraction of sp³-hybridized carbons (Fsp3) is 0.500. The zero-order chi connectivity index (χ0) is 9.72. The third-order valence-electron chi connectivity index (χ3n) is 1.54. The monoisotopic (exact) mass is 168 g/mol. The van der Waals surface area contributed by atoms with Gasteiger partial charge in [0.05, 0.1) is 0 Å². The molecule has 1 atom stereocenters. The molecule has 0 heterocycles. The van der Waals surface area contributed by atoms with Crippen molar-refractivity contribution in [2.75, 3.05) is 7.05 Å². The van der Waals surface area contributed by atoms with Gasteiger partial charge in [0.25, 0.3) is 5.91 Å². The third kappa shape index (κ3) is 2.62. The van der Waals surface area contributed by atoms with Gasteiger partial charge in [-0.2, -0.15) is 0 Å². The number of nitrogens with zero attached hydrogens (tertiary/aromatic N) is 1. The highest BCUT2D eigenvalue weighted by Gasteiger charge is 2.17. The molecule has 4 nitrogen and oxygen atoms in total. The van der Waals surface area contributed by atoms with Crippen molar-refractivity contribution in [3.8, 4) is 11.8 Å². The van der Waals surface area contributed by atoms with Crippen molar-refractivity contribution in [1.29, 1.82) is 0 Å². The Kier molecular flexibility index (Phi) is 3.84. The van der Waals surface area contributed by atoms with Crippen LogP contribution in [0.2, 0.25) is 0 Å². The van der Waals surface area contributed by atoms with Gasteiger partial charge in [-0.05, 0) is 19.8 Å². The van der Waals surface area contributed by atoms with E-state index in [4.69, 9.17) is 5.73 Å². The topological polar surface area (TPSA) is 63.4 Å². The van der Waals surface area contributed by atoms with E-state index in [0.29, 0.717) is 0 Å². The molecule has 2 N–H and O–H groups in total. The van der Waals surface area contributed by atoms with Crippen molar-refractivity contribution >= 4 is 11.8 Å². The second-order valence-electron chi connectivity index (χ2n) is 2.37. The second kappa shape index (κ2) is 4.39. The van der Waals surface area contributed by atoms with E-state index in [1.807, 2.05) is 0 Å². The van der Waals surface area contributed by atoms with Crippen LogP contribution < -0.4 is 5.73 Å². The average Bonchev–Trinajstić information content (AvgIpc) is 2.02. The lowest BCUT2D eigenvalue weighted by atomic mass is 10.3. The SMILES string of the molecule is CC#CC(=O)N(C)C(C)C(N)=O. The highest BCUT2D eigenvalue weighted by molar-refractivity contribution is 5.96. The summed E-state index contributed by atoms with van der Waals surface area (Å²) in [4.78, 5) is 22.9. The van der Waals surface area contributed by atoms with Gasteiger partial charge in [0.2, 0.25) is 5.91 Å². The zero-order valence-corrected chi connectivity index (χ0v) is 7.42. The number of rotatable bonds is 2. The fourth-order valence-electron chi connectivity index (χ4n) is 0.562. The summed E-state index contributed by atoms with van der Waals surface area (Å²) in [7, 11) is 1.49. The summed E-state index contributed by atoms with van der Waals surface area (Å²) < 4.78 is 0. The maximum Gasteiger partial charge on any atom is 0.298 e. The molecule has 12 heavy (non-hydrogen) atoms. The van der Waals surface area contributed by atoms with E-state index < -0.39 is 17.9 Å². The molecule has 0 aliphatic rings. The molecule has 0 saturated carbocycles. The molecule has 4 heteroatoms. The summed E-state index contributed by atoms with van der Waals surface area (Å²) in [6.45, 7) is 3.11. The minimum absolute atomic E-state index is 0.399. The van der Waals surface area contributed by atoms with Crippen molar-refractivity contribution in [3.63, 3.8) is 0 Å². The summed E-state index contributed by atoms with van der Waals surface area (Å²) >= 11 is 0. The van der Waals surface area contributed by atoms with Crippen molar-refractivity contribution in [1.82, 2.24) is 4.90 Å². The standard InChI is InChI=1S/C8H12N2O2/c1-4-5-7(11)10(3)6(2)8(9)12/h6H,1-3H3,(H2,9,12). The first-order chi connectivity index (χ1) is 5.50. The molecule has 1 unspecified atom stereocenters. The first kappa shape index (κ1) is 10.5. The maximum atomic E-state index is 11.0.